The number of nitrogens with zero attached hydrogens (tertiary/aromatic N) is 5. The zero-order valence-electron chi connectivity index (χ0n) is 49.7. The molecule has 11 nitrogen and oxygen atoms in total. The predicted molar refractivity (Wildman–Crippen MR) is 334 cm³/mol. The highest BCUT2D eigenvalue weighted by Gasteiger charge is 2.15. The molecule has 2 aromatic heterocycles. The monoisotopic (exact) mass is 1120 g/mol. The second-order valence-electron chi connectivity index (χ2n) is 21.8. The van der Waals surface area contributed by atoms with Crippen LogP contribution >= 0.6 is 0 Å². The lowest BCUT2D eigenvalue weighted by Crippen LogP contribution is -2.10. The Morgan fingerprint density at radius 2 is 0.747 bits per heavy atom. The molecule has 0 saturated carbocycles. The standard InChI is InChI=1S/C72H89N5O6/c1-3-5-7-9-15-21-27-58-53-74-70(75-54-58)62-35-40-65(41-36-62)79-47-23-17-11-13-19-25-49-81-68-46-39-64(72(78)83-67-44-33-61(34-45-67)60-31-29-57(52-73)30-32-60)51-69(68)82-50-26-20-14-12-18-24-48-80-66-42-37-63(38-43-66)71-76-55-59(56-77-71)28-22-16-10-8-6-4-2/h29-46,51,53-56H,3-28,47-50H2,1-2H3. The lowest BCUT2D eigenvalue weighted by Gasteiger charge is -2.14. The summed E-state index contributed by atoms with van der Waals surface area (Å²) in [6, 6.07) is 38.4. The van der Waals surface area contributed by atoms with Gasteiger partial charge in [-0.1, -0.05) is 154 Å². The molecule has 11 heteroatoms. The van der Waals surface area contributed by atoms with Gasteiger partial charge in [0.25, 0.3) is 0 Å². The van der Waals surface area contributed by atoms with Crippen molar-refractivity contribution in [2.24, 2.45) is 0 Å². The number of esters is 1. The van der Waals surface area contributed by atoms with Crippen molar-refractivity contribution in [2.45, 2.75) is 181 Å². The first-order chi connectivity index (χ1) is 41.0. The Morgan fingerprint density at radius 1 is 0.386 bits per heavy atom. The average Bonchev–Trinajstić information content (AvgIpc) is 3.53. The van der Waals surface area contributed by atoms with Crippen molar-refractivity contribution in [1.82, 2.24) is 19.9 Å². The fourth-order valence-corrected chi connectivity index (χ4v) is 9.94. The molecule has 0 bridgehead atoms. The van der Waals surface area contributed by atoms with Gasteiger partial charge in [0, 0.05) is 35.9 Å². The highest BCUT2D eigenvalue weighted by molar-refractivity contribution is 5.92. The van der Waals surface area contributed by atoms with Crippen LogP contribution in [0.4, 0.5) is 0 Å². The van der Waals surface area contributed by atoms with Gasteiger partial charge in [-0.2, -0.15) is 5.26 Å². The summed E-state index contributed by atoms with van der Waals surface area (Å²) in [7, 11) is 0. The lowest BCUT2D eigenvalue weighted by atomic mass is 10.0. The van der Waals surface area contributed by atoms with Gasteiger partial charge in [0.05, 0.1) is 43.6 Å². The second-order valence-corrected chi connectivity index (χ2v) is 21.8. The smallest absolute Gasteiger partial charge is 0.343 e. The van der Waals surface area contributed by atoms with Crippen molar-refractivity contribution < 1.29 is 28.5 Å². The van der Waals surface area contributed by atoms with Crippen LogP contribution in [0.3, 0.4) is 0 Å². The number of rotatable bonds is 41. The van der Waals surface area contributed by atoms with E-state index in [0.29, 0.717) is 54.8 Å². The molecule has 7 rings (SSSR count). The maximum atomic E-state index is 13.5. The molecular weight excluding hydrogens is 1030 g/mol. The highest BCUT2D eigenvalue weighted by atomic mass is 16.5. The molecule has 438 valence electrons. The van der Waals surface area contributed by atoms with Crippen molar-refractivity contribution in [3.8, 4) is 68.7 Å². The van der Waals surface area contributed by atoms with Gasteiger partial charge in [-0.05, 0) is 165 Å². The molecule has 0 aliphatic heterocycles. The maximum Gasteiger partial charge on any atom is 0.343 e. The molecule has 5 aromatic carbocycles. The van der Waals surface area contributed by atoms with E-state index >= 15 is 0 Å². The maximum absolute atomic E-state index is 13.5. The molecule has 0 aliphatic carbocycles. The van der Waals surface area contributed by atoms with E-state index in [4.69, 9.17) is 23.7 Å². The molecule has 0 atom stereocenters. The molecule has 0 amide bonds. The van der Waals surface area contributed by atoms with Crippen LogP contribution in [-0.4, -0.2) is 52.3 Å². The van der Waals surface area contributed by atoms with E-state index < -0.39 is 5.97 Å². The Hall–Kier alpha value is -7.58. The minimum atomic E-state index is -0.476. The van der Waals surface area contributed by atoms with Crippen molar-refractivity contribution >= 4 is 5.97 Å². The van der Waals surface area contributed by atoms with Gasteiger partial charge in [-0.25, -0.2) is 24.7 Å². The summed E-state index contributed by atoms with van der Waals surface area (Å²) >= 11 is 0. The van der Waals surface area contributed by atoms with Gasteiger partial charge >= 0.3 is 5.97 Å². The molecule has 0 saturated heterocycles. The number of aryl methyl sites for hydroxylation is 2. The van der Waals surface area contributed by atoms with Crippen LogP contribution in [-0.2, 0) is 12.8 Å². The zero-order chi connectivity index (χ0) is 57.8. The van der Waals surface area contributed by atoms with Crippen molar-refractivity contribution in [3.05, 3.63) is 162 Å². The topological polar surface area (TPSA) is 139 Å². The normalized spacial score (nSPS) is 11.0. The molecule has 0 unspecified atom stereocenters. The number of hydrogen-bond donors (Lipinski definition) is 0. The number of ether oxygens (including phenoxy) is 5. The van der Waals surface area contributed by atoms with Gasteiger partial charge < -0.3 is 23.7 Å². The second kappa shape index (κ2) is 37.5. The van der Waals surface area contributed by atoms with E-state index in [1.165, 1.54) is 88.2 Å². The summed E-state index contributed by atoms with van der Waals surface area (Å²) in [5, 5.41) is 9.17. The lowest BCUT2D eigenvalue weighted by molar-refractivity contribution is 0.0734. The number of nitriles is 1. The van der Waals surface area contributed by atoms with E-state index in [0.717, 1.165) is 135 Å². The third-order valence-electron chi connectivity index (χ3n) is 15.0. The highest BCUT2D eigenvalue weighted by Crippen LogP contribution is 2.31. The van der Waals surface area contributed by atoms with Crippen molar-refractivity contribution in [1.29, 1.82) is 5.26 Å². The Kier molecular flexibility index (Phi) is 28.5. The van der Waals surface area contributed by atoms with E-state index in [1.54, 1.807) is 36.4 Å². The number of benzene rings is 5. The summed E-state index contributed by atoms with van der Waals surface area (Å²) < 4.78 is 30.6. The third kappa shape index (κ3) is 23.3. The molecule has 0 N–H and O–H groups in total. The Morgan fingerprint density at radius 3 is 1.18 bits per heavy atom. The van der Waals surface area contributed by atoms with Crippen LogP contribution in [0, 0.1) is 11.3 Å². The molecule has 2 heterocycles. The molecule has 0 radical (unpaired) electrons. The Labute approximate surface area is 495 Å². The summed E-state index contributed by atoms with van der Waals surface area (Å²) in [5.74, 6) is 4.34. The van der Waals surface area contributed by atoms with E-state index in [1.807, 2.05) is 104 Å². The van der Waals surface area contributed by atoms with Crippen molar-refractivity contribution in [3.63, 3.8) is 0 Å². The number of aromatic nitrogens is 4. The molecule has 0 spiro atoms. The van der Waals surface area contributed by atoms with Crippen LogP contribution in [0.2, 0.25) is 0 Å². The average molecular weight is 1120 g/mol. The van der Waals surface area contributed by atoms with E-state index in [-0.39, 0.29) is 0 Å². The third-order valence-corrected chi connectivity index (χ3v) is 15.0. The van der Waals surface area contributed by atoms with Crippen LogP contribution < -0.4 is 23.7 Å². The van der Waals surface area contributed by atoms with Crippen LogP contribution in [0.15, 0.2) is 140 Å². The van der Waals surface area contributed by atoms with E-state index in [2.05, 4.69) is 39.9 Å². The number of carbonyl (C=O) groups excluding carboxylic acids is 1. The summed E-state index contributed by atoms with van der Waals surface area (Å²) in [4.78, 5) is 32.0. The Balaban J connectivity index is 0.781. The molecule has 0 aliphatic rings. The van der Waals surface area contributed by atoms with E-state index in [9.17, 15) is 10.1 Å². The first-order valence-corrected chi connectivity index (χ1v) is 31.3. The number of carbonyl (C=O) groups is 1. The van der Waals surface area contributed by atoms with Crippen LogP contribution in [0.25, 0.3) is 33.9 Å². The SMILES string of the molecule is CCCCCCCCc1cnc(-c2ccc(OCCCCCCCCOc3ccc(C(=O)Oc4ccc(-c5ccc(C#N)cc5)cc4)cc3OCCCCCCCCOc3ccc(-c4ncc(CCCCCCCC)cn4)cc3)cc2)nc1. The summed E-state index contributed by atoms with van der Waals surface area (Å²) in [6.45, 7) is 6.93. The number of hydrogen-bond acceptors (Lipinski definition) is 11. The van der Waals surface area contributed by atoms with Gasteiger partial charge in [0.1, 0.15) is 17.2 Å². The van der Waals surface area contributed by atoms with Gasteiger partial charge in [-0.15, -0.1) is 0 Å². The first-order valence-electron chi connectivity index (χ1n) is 31.3. The minimum Gasteiger partial charge on any atom is -0.494 e. The summed E-state index contributed by atoms with van der Waals surface area (Å²) in [6.07, 6.45) is 37.9. The first kappa shape index (κ1) is 63.0. The fraction of sp³-hybridized carbons (Fsp3) is 0.444. The van der Waals surface area contributed by atoms with Crippen molar-refractivity contribution in [2.75, 3.05) is 26.4 Å². The van der Waals surface area contributed by atoms with Crippen LogP contribution in [0.1, 0.15) is 195 Å². The minimum absolute atomic E-state index is 0.384. The van der Waals surface area contributed by atoms with Gasteiger partial charge in [0.2, 0.25) is 0 Å². The molecular formula is C72H89N5O6. The Bertz CT molecular complexity index is 2920. The molecule has 0 fully saturated rings. The summed E-state index contributed by atoms with van der Waals surface area (Å²) in [5.41, 5.74) is 7.32. The zero-order valence-corrected chi connectivity index (χ0v) is 49.7. The number of unbranched alkanes of at least 4 members (excludes halogenated alkanes) is 20. The quantitative estimate of drug-likeness (QED) is 0.0206. The predicted octanol–water partition coefficient (Wildman–Crippen LogP) is 18.8. The van der Waals surface area contributed by atoms with Gasteiger partial charge in [-0.3, -0.25) is 0 Å². The van der Waals surface area contributed by atoms with Gasteiger partial charge in [0.15, 0.2) is 23.1 Å². The van der Waals surface area contributed by atoms with Crippen LogP contribution in [0.5, 0.6) is 28.7 Å². The largest absolute Gasteiger partial charge is 0.494 e. The fourth-order valence-electron chi connectivity index (χ4n) is 9.94. The molecule has 83 heavy (non-hydrogen) atoms. The molecule has 7 aromatic rings.